The zero-order valence-electron chi connectivity index (χ0n) is 20.0. The van der Waals surface area contributed by atoms with Crippen LogP contribution in [0.3, 0.4) is 0 Å². The molecule has 3 nitrogen and oxygen atoms in total. The Morgan fingerprint density at radius 3 is 2.07 bits per heavy atom. The number of para-hydroxylation sites is 1. The van der Waals surface area contributed by atoms with E-state index in [1.54, 1.807) is 0 Å². The molecule has 0 saturated carbocycles. The summed E-state index contributed by atoms with van der Waals surface area (Å²) in [5.41, 5.74) is 1.63. The van der Waals surface area contributed by atoms with Crippen LogP contribution in [0.5, 0.6) is 0 Å². The molecule has 0 fully saturated rings. The predicted octanol–water partition coefficient (Wildman–Crippen LogP) is 8.39. The van der Waals surface area contributed by atoms with Gasteiger partial charge in [0.1, 0.15) is 0 Å². The fourth-order valence-corrected chi connectivity index (χ4v) is 23.4. The molecule has 0 aromatic heterocycles. The van der Waals surface area contributed by atoms with Crippen molar-refractivity contribution in [1.29, 1.82) is 0 Å². The molecular weight excluding hydrogens is 500 g/mol. The standard InChI is InChI=1S/C13H15ClNO2.3C4H9.Sn/c1-13(2,3)17-12(16)15-8-7-9-5-4-6-10(14)11(9)15;3*1-3-4-2;/h4-6,8H,7H2,1-3H3;3*1,3-4H2,2H3;. The first kappa shape index (κ1) is 25.8. The van der Waals surface area contributed by atoms with Crippen LogP contribution in [0.15, 0.2) is 18.2 Å². The van der Waals surface area contributed by atoms with Gasteiger partial charge in [-0.2, -0.15) is 0 Å². The molecule has 0 aliphatic carbocycles. The summed E-state index contributed by atoms with van der Waals surface area (Å²) in [6, 6.07) is 6.11. The zero-order chi connectivity index (χ0) is 22.4. The average Bonchev–Trinajstić information content (AvgIpc) is 3.08. The Labute approximate surface area is 193 Å². The van der Waals surface area contributed by atoms with Gasteiger partial charge in [0.15, 0.2) is 0 Å². The van der Waals surface area contributed by atoms with Crippen molar-refractivity contribution >= 4 is 41.8 Å². The SMILES string of the molecule is CCC[CH2][Sn]([CH2]CCC)([CH2]CCC)[C@@H]1Cc2cccc(Cl)c2N1C(=O)OC(C)(C)C. The molecule has 1 aromatic carbocycles. The van der Waals surface area contributed by atoms with Crippen molar-refractivity contribution < 1.29 is 9.53 Å². The Hall–Kier alpha value is -0.421. The first-order valence-corrected chi connectivity index (χ1v) is 20.1. The van der Waals surface area contributed by atoms with Crippen molar-refractivity contribution in [1.82, 2.24) is 0 Å². The molecule has 0 unspecified atom stereocenters. The van der Waals surface area contributed by atoms with E-state index in [-0.39, 0.29) is 6.09 Å². The van der Waals surface area contributed by atoms with Crippen LogP contribution in [0.25, 0.3) is 0 Å². The van der Waals surface area contributed by atoms with Crippen LogP contribution < -0.4 is 4.90 Å². The summed E-state index contributed by atoms with van der Waals surface area (Å²) in [5, 5.41) is 0.683. The molecule has 5 heteroatoms. The average molecular weight is 543 g/mol. The fraction of sp³-hybridized carbons (Fsp3) is 0.720. The van der Waals surface area contributed by atoms with Crippen molar-refractivity contribution in [3.05, 3.63) is 28.8 Å². The molecule has 1 heterocycles. The third-order valence-corrected chi connectivity index (χ3v) is 23.6. The van der Waals surface area contributed by atoms with E-state index in [2.05, 4.69) is 26.8 Å². The number of fused-ring (bicyclic) bond motifs is 1. The molecule has 170 valence electrons. The van der Waals surface area contributed by atoms with Gasteiger partial charge < -0.3 is 0 Å². The van der Waals surface area contributed by atoms with Gasteiger partial charge in [-0.25, -0.2) is 0 Å². The van der Waals surface area contributed by atoms with Crippen molar-refractivity contribution in [2.75, 3.05) is 4.90 Å². The van der Waals surface area contributed by atoms with E-state index in [4.69, 9.17) is 16.3 Å². The van der Waals surface area contributed by atoms with Crippen molar-refractivity contribution in [2.24, 2.45) is 0 Å². The van der Waals surface area contributed by atoms with E-state index < -0.39 is 24.0 Å². The normalized spacial score (nSPS) is 16.6. The van der Waals surface area contributed by atoms with Gasteiger partial charge in [0.25, 0.3) is 0 Å². The van der Waals surface area contributed by atoms with Crippen LogP contribution in [-0.2, 0) is 11.2 Å². The number of amides is 1. The van der Waals surface area contributed by atoms with Crippen LogP contribution in [0.4, 0.5) is 10.5 Å². The van der Waals surface area contributed by atoms with Crippen LogP contribution in [0, 0.1) is 0 Å². The summed E-state index contributed by atoms with van der Waals surface area (Å²) in [6.07, 6.45) is 8.29. The zero-order valence-corrected chi connectivity index (χ0v) is 23.6. The Morgan fingerprint density at radius 1 is 1.07 bits per heavy atom. The van der Waals surface area contributed by atoms with Gasteiger partial charge in [0, 0.05) is 0 Å². The summed E-state index contributed by atoms with van der Waals surface area (Å²) in [6.45, 7) is 12.7. The van der Waals surface area contributed by atoms with Gasteiger partial charge in [-0.05, 0) is 0 Å². The van der Waals surface area contributed by atoms with E-state index in [1.807, 2.05) is 37.8 Å². The Balaban J connectivity index is 2.55. The molecule has 1 amide bonds. The van der Waals surface area contributed by atoms with Crippen molar-refractivity contribution in [2.45, 2.75) is 109 Å². The van der Waals surface area contributed by atoms with E-state index in [9.17, 15) is 4.79 Å². The molecular formula is C25H42ClNO2Sn. The Bertz CT molecular complexity index is 679. The second kappa shape index (κ2) is 11.4. The molecule has 1 aromatic rings. The first-order valence-electron chi connectivity index (χ1n) is 12.0. The Kier molecular flexibility index (Phi) is 9.86. The molecule has 2 rings (SSSR count). The minimum absolute atomic E-state index is 0.204. The summed E-state index contributed by atoms with van der Waals surface area (Å²) in [5.74, 6) is 0. The van der Waals surface area contributed by atoms with Crippen LogP contribution in [-0.4, -0.2) is 34.1 Å². The molecule has 0 spiro atoms. The van der Waals surface area contributed by atoms with E-state index in [1.165, 1.54) is 57.4 Å². The van der Waals surface area contributed by atoms with Gasteiger partial charge in [-0.3, -0.25) is 0 Å². The third-order valence-electron chi connectivity index (χ3n) is 6.42. The number of halogens is 1. The third kappa shape index (κ3) is 6.31. The number of rotatable bonds is 10. The van der Waals surface area contributed by atoms with Gasteiger partial charge in [0.2, 0.25) is 0 Å². The molecule has 0 radical (unpaired) electrons. The fourth-order valence-electron chi connectivity index (χ4n) is 4.93. The van der Waals surface area contributed by atoms with Crippen molar-refractivity contribution in [3.63, 3.8) is 0 Å². The van der Waals surface area contributed by atoms with Crippen LogP contribution in [0.2, 0.25) is 18.3 Å². The number of nitrogens with zero attached hydrogens (tertiary/aromatic N) is 1. The summed E-state index contributed by atoms with van der Waals surface area (Å²) in [7, 11) is 0. The van der Waals surface area contributed by atoms with Gasteiger partial charge in [-0.15, -0.1) is 0 Å². The predicted molar refractivity (Wildman–Crippen MR) is 133 cm³/mol. The number of carbonyl (C=O) groups excluding carboxylic acids is 1. The van der Waals surface area contributed by atoms with Crippen molar-refractivity contribution in [3.8, 4) is 0 Å². The molecule has 1 aliphatic rings. The maximum atomic E-state index is 13.5. The molecule has 30 heavy (non-hydrogen) atoms. The molecule has 1 atom stereocenters. The summed E-state index contributed by atoms with van der Waals surface area (Å²) >= 11 is 3.94. The van der Waals surface area contributed by atoms with Gasteiger partial charge in [0.05, 0.1) is 0 Å². The summed E-state index contributed by atoms with van der Waals surface area (Å²) in [4.78, 5) is 15.6. The summed E-state index contributed by atoms with van der Waals surface area (Å²) < 4.78 is 10.3. The first-order chi connectivity index (χ1) is 14.2. The second-order valence-corrected chi connectivity index (χ2v) is 24.4. The quantitative estimate of drug-likeness (QED) is 0.278. The van der Waals surface area contributed by atoms with Gasteiger partial charge in [-0.1, -0.05) is 0 Å². The molecule has 0 N–H and O–H groups in total. The number of hydrogen-bond acceptors (Lipinski definition) is 2. The molecule has 1 aliphatic heterocycles. The molecule has 0 saturated heterocycles. The van der Waals surface area contributed by atoms with E-state index >= 15 is 0 Å². The monoisotopic (exact) mass is 543 g/mol. The second-order valence-electron chi connectivity index (χ2n) is 9.99. The number of unbranched alkanes of at least 4 members (excludes halogenated alkanes) is 3. The topological polar surface area (TPSA) is 29.5 Å². The van der Waals surface area contributed by atoms with E-state index in [0.717, 1.165) is 12.1 Å². The van der Waals surface area contributed by atoms with Crippen LogP contribution in [0.1, 0.15) is 85.6 Å². The number of benzene rings is 1. The number of ether oxygens (including phenoxy) is 1. The minimum atomic E-state index is -2.74. The Morgan fingerprint density at radius 2 is 1.60 bits per heavy atom. The van der Waals surface area contributed by atoms with E-state index in [0.29, 0.717) is 9.08 Å². The molecule has 0 bridgehead atoms. The number of carbonyl (C=O) groups is 1. The van der Waals surface area contributed by atoms with Gasteiger partial charge >= 0.3 is 194 Å². The van der Waals surface area contributed by atoms with Crippen LogP contribution >= 0.6 is 11.6 Å². The maximum absolute atomic E-state index is 13.5. The number of hydrogen-bond donors (Lipinski definition) is 0. The number of anilines is 1.